The van der Waals surface area contributed by atoms with Crippen molar-refractivity contribution >= 4 is 11.7 Å². The molecule has 0 spiro atoms. The molecule has 1 heterocycles. The SMILES string of the molecule is Nc1cccc(OCC2Cc3ccccc3O2)c1C(=O)O. The first kappa shape index (κ1) is 13.3. The van der Waals surface area contributed by atoms with Gasteiger partial charge in [-0.25, -0.2) is 4.79 Å². The molecule has 1 aliphatic heterocycles. The van der Waals surface area contributed by atoms with Gasteiger partial charge in [0.15, 0.2) is 0 Å². The summed E-state index contributed by atoms with van der Waals surface area (Å²) in [4.78, 5) is 11.2. The van der Waals surface area contributed by atoms with Crippen molar-refractivity contribution in [2.24, 2.45) is 0 Å². The van der Waals surface area contributed by atoms with Crippen LogP contribution in [0.25, 0.3) is 0 Å². The van der Waals surface area contributed by atoms with Crippen molar-refractivity contribution in [1.82, 2.24) is 0 Å². The molecule has 0 aliphatic carbocycles. The molecule has 2 aromatic rings. The average molecular weight is 285 g/mol. The Morgan fingerprint density at radius 2 is 2.10 bits per heavy atom. The summed E-state index contributed by atoms with van der Waals surface area (Å²) in [5.74, 6) is 0.0258. The number of carboxylic acid groups (broad SMARTS) is 1. The fourth-order valence-electron chi connectivity index (χ4n) is 2.43. The van der Waals surface area contributed by atoms with E-state index in [2.05, 4.69) is 0 Å². The highest BCUT2D eigenvalue weighted by Crippen LogP contribution is 2.29. The van der Waals surface area contributed by atoms with Gasteiger partial charge >= 0.3 is 5.97 Å². The number of carboxylic acids is 1. The molecule has 1 aliphatic rings. The first-order chi connectivity index (χ1) is 10.1. The molecule has 0 bridgehead atoms. The predicted octanol–water partition coefficient (Wildman–Crippen LogP) is 2.35. The van der Waals surface area contributed by atoms with Gasteiger partial charge in [0.25, 0.3) is 0 Å². The summed E-state index contributed by atoms with van der Waals surface area (Å²) in [6.07, 6.45) is 0.631. The van der Waals surface area contributed by atoms with E-state index in [1.807, 2.05) is 24.3 Å². The second-order valence-electron chi connectivity index (χ2n) is 4.89. The van der Waals surface area contributed by atoms with E-state index in [9.17, 15) is 9.90 Å². The van der Waals surface area contributed by atoms with Crippen LogP contribution < -0.4 is 15.2 Å². The summed E-state index contributed by atoms with van der Waals surface area (Å²) >= 11 is 0. The van der Waals surface area contributed by atoms with Crippen LogP contribution in [0, 0.1) is 0 Å². The summed E-state index contributed by atoms with van der Waals surface area (Å²) in [5, 5.41) is 9.19. The minimum Gasteiger partial charge on any atom is -0.489 e. The number of ether oxygens (including phenoxy) is 2. The lowest BCUT2D eigenvalue weighted by Gasteiger charge is -2.14. The van der Waals surface area contributed by atoms with Gasteiger partial charge in [-0.2, -0.15) is 0 Å². The largest absolute Gasteiger partial charge is 0.489 e. The third kappa shape index (κ3) is 2.63. The molecule has 0 radical (unpaired) electrons. The van der Waals surface area contributed by atoms with Gasteiger partial charge < -0.3 is 20.3 Å². The van der Waals surface area contributed by atoms with Crippen molar-refractivity contribution in [3.63, 3.8) is 0 Å². The highest BCUT2D eigenvalue weighted by Gasteiger charge is 2.24. The predicted molar refractivity (Wildman–Crippen MR) is 77.9 cm³/mol. The van der Waals surface area contributed by atoms with Gasteiger partial charge in [-0.05, 0) is 23.8 Å². The summed E-state index contributed by atoms with van der Waals surface area (Å²) in [6.45, 7) is 0.276. The number of fused-ring (bicyclic) bond motifs is 1. The monoisotopic (exact) mass is 285 g/mol. The average Bonchev–Trinajstić information content (AvgIpc) is 2.87. The topological polar surface area (TPSA) is 81.8 Å². The second-order valence-corrected chi connectivity index (χ2v) is 4.89. The molecule has 108 valence electrons. The number of anilines is 1. The zero-order valence-electron chi connectivity index (χ0n) is 11.3. The number of hydrogen-bond acceptors (Lipinski definition) is 4. The quantitative estimate of drug-likeness (QED) is 0.843. The highest BCUT2D eigenvalue weighted by molar-refractivity contribution is 5.96. The highest BCUT2D eigenvalue weighted by atomic mass is 16.5. The molecular formula is C16H15NO4. The van der Waals surface area contributed by atoms with Crippen molar-refractivity contribution in [1.29, 1.82) is 0 Å². The van der Waals surface area contributed by atoms with Crippen molar-refractivity contribution in [2.45, 2.75) is 12.5 Å². The molecule has 3 N–H and O–H groups in total. The molecule has 0 amide bonds. The number of hydrogen-bond donors (Lipinski definition) is 2. The fourth-order valence-corrected chi connectivity index (χ4v) is 2.43. The van der Waals surface area contributed by atoms with Gasteiger partial charge in [0.05, 0.1) is 0 Å². The van der Waals surface area contributed by atoms with Gasteiger partial charge in [-0.3, -0.25) is 0 Å². The molecule has 0 saturated carbocycles. The maximum absolute atomic E-state index is 11.2. The van der Waals surface area contributed by atoms with Crippen molar-refractivity contribution in [3.05, 3.63) is 53.6 Å². The molecule has 2 aromatic carbocycles. The van der Waals surface area contributed by atoms with E-state index in [4.69, 9.17) is 15.2 Å². The molecular weight excluding hydrogens is 270 g/mol. The zero-order valence-corrected chi connectivity index (χ0v) is 11.3. The van der Waals surface area contributed by atoms with E-state index in [-0.39, 0.29) is 29.7 Å². The molecule has 5 nitrogen and oxygen atoms in total. The van der Waals surface area contributed by atoms with E-state index in [0.29, 0.717) is 0 Å². The summed E-state index contributed by atoms with van der Waals surface area (Å²) in [5.41, 5.74) is 7.00. The third-order valence-corrected chi connectivity index (χ3v) is 3.41. The smallest absolute Gasteiger partial charge is 0.341 e. The zero-order chi connectivity index (χ0) is 14.8. The summed E-state index contributed by atoms with van der Waals surface area (Å²) in [6, 6.07) is 12.6. The van der Waals surface area contributed by atoms with Gasteiger partial charge in [-0.1, -0.05) is 24.3 Å². The minimum absolute atomic E-state index is 0.00647. The van der Waals surface area contributed by atoms with Gasteiger partial charge in [0.2, 0.25) is 0 Å². The van der Waals surface area contributed by atoms with Crippen LogP contribution in [0.1, 0.15) is 15.9 Å². The maximum atomic E-state index is 11.2. The van der Waals surface area contributed by atoms with Gasteiger partial charge in [-0.15, -0.1) is 0 Å². The lowest BCUT2D eigenvalue weighted by molar-refractivity contribution is 0.0690. The normalized spacial score (nSPS) is 16.1. The summed E-state index contributed by atoms with van der Waals surface area (Å²) < 4.78 is 11.4. The lowest BCUT2D eigenvalue weighted by atomic mass is 10.1. The van der Waals surface area contributed by atoms with Crippen LogP contribution in [0.2, 0.25) is 0 Å². The van der Waals surface area contributed by atoms with Crippen LogP contribution in [-0.2, 0) is 6.42 Å². The molecule has 0 aromatic heterocycles. The van der Waals surface area contributed by atoms with Gasteiger partial charge in [0.1, 0.15) is 29.8 Å². The first-order valence-electron chi connectivity index (χ1n) is 6.64. The maximum Gasteiger partial charge on any atom is 0.341 e. The van der Waals surface area contributed by atoms with Gasteiger partial charge in [0, 0.05) is 12.1 Å². The first-order valence-corrected chi connectivity index (χ1v) is 6.64. The molecule has 0 fully saturated rings. The molecule has 21 heavy (non-hydrogen) atoms. The van der Waals surface area contributed by atoms with Crippen LogP contribution in [0.4, 0.5) is 5.69 Å². The molecule has 1 atom stereocenters. The van der Waals surface area contributed by atoms with Crippen LogP contribution in [-0.4, -0.2) is 23.8 Å². The van der Waals surface area contributed by atoms with Crippen LogP contribution in [0.5, 0.6) is 11.5 Å². The number of nitrogen functional groups attached to an aromatic ring is 1. The number of carbonyl (C=O) groups is 1. The lowest BCUT2D eigenvalue weighted by Crippen LogP contribution is -2.23. The third-order valence-electron chi connectivity index (χ3n) is 3.41. The number of benzene rings is 2. The Kier molecular flexibility index (Phi) is 3.39. The summed E-state index contributed by atoms with van der Waals surface area (Å²) in [7, 11) is 0. The van der Waals surface area contributed by atoms with E-state index in [1.165, 1.54) is 6.07 Å². The second kappa shape index (κ2) is 5.36. The number of aromatic carboxylic acids is 1. The fraction of sp³-hybridized carbons (Fsp3) is 0.188. The Hall–Kier alpha value is -2.69. The number of nitrogens with two attached hydrogens (primary N) is 1. The van der Waals surface area contributed by atoms with E-state index in [1.54, 1.807) is 12.1 Å². The van der Waals surface area contributed by atoms with Crippen molar-refractivity contribution in [3.8, 4) is 11.5 Å². The number of para-hydroxylation sites is 1. The van der Waals surface area contributed by atoms with Crippen LogP contribution >= 0.6 is 0 Å². The van der Waals surface area contributed by atoms with Crippen LogP contribution in [0.15, 0.2) is 42.5 Å². The molecule has 0 saturated heterocycles. The van der Waals surface area contributed by atoms with E-state index >= 15 is 0 Å². The standard InChI is InChI=1S/C16H15NO4/c17-12-5-3-7-14(15(12)16(18)19)20-9-11-8-10-4-1-2-6-13(10)21-11/h1-7,11H,8-9,17H2,(H,18,19). The Balaban J connectivity index is 1.70. The molecule has 1 unspecified atom stereocenters. The Bertz CT molecular complexity index is 659. The molecule has 5 heteroatoms. The Labute approximate surface area is 121 Å². The molecule has 3 rings (SSSR count). The minimum atomic E-state index is -1.10. The van der Waals surface area contributed by atoms with Crippen LogP contribution in [0.3, 0.4) is 0 Å². The number of rotatable bonds is 4. The van der Waals surface area contributed by atoms with E-state index in [0.717, 1.165) is 17.7 Å². The van der Waals surface area contributed by atoms with Crippen molar-refractivity contribution < 1.29 is 19.4 Å². The Morgan fingerprint density at radius 3 is 2.86 bits per heavy atom. The van der Waals surface area contributed by atoms with E-state index < -0.39 is 5.97 Å². The van der Waals surface area contributed by atoms with Crippen molar-refractivity contribution in [2.75, 3.05) is 12.3 Å². The Morgan fingerprint density at radius 1 is 1.29 bits per heavy atom.